The first kappa shape index (κ1) is 9.76. The molecule has 78 valence electrons. The normalized spacial score (nSPS) is 11.7. The molecule has 0 amide bonds. The second kappa shape index (κ2) is 3.42. The van der Waals surface area contributed by atoms with Gasteiger partial charge in [-0.15, -0.1) is 0 Å². The van der Waals surface area contributed by atoms with E-state index < -0.39 is 11.7 Å². The molecule has 2 aromatic rings. The van der Waals surface area contributed by atoms with Crippen molar-refractivity contribution in [2.75, 3.05) is 0 Å². The molecule has 0 saturated carbocycles. The van der Waals surface area contributed by atoms with Crippen LogP contribution in [0.2, 0.25) is 0 Å². The lowest BCUT2D eigenvalue weighted by atomic mass is 10.2. The number of nitrogens with zero attached hydrogens (tertiary/aromatic N) is 2. The lowest BCUT2D eigenvalue weighted by Gasteiger charge is -2.07. The summed E-state index contributed by atoms with van der Waals surface area (Å²) in [6, 6.07) is 4.92. The fourth-order valence-electron chi connectivity index (χ4n) is 1.23. The van der Waals surface area contributed by atoms with Crippen molar-refractivity contribution in [1.29, 1.82) is 0 Å². The topological polar surface area (TPSA) is 17.8 Å². The molecule has 1 aromatic heterocycles. The standard InChI is InChI=1S/C10H7F3N2/c11-10(12,13)8-1-3-9(4-2-8)15-6-5-14-7-15/h1-7H. The van der Waals surface area contributed by atoms with E-state index in [2.05, 4.69) is 4.98 Å². The molecule has 0 aliphatic carbocycles. The van der Waals surface area contributed by atoms with E-state index in [-0.39, 0.29) is 0 Å². The van der Waals surface area contributed by atoms with Gasteiger partial charge in [0.15, 0.2) is 0 Å². The zero-order valence-corrected chi connectivity index (χ0v) is 7.57. The summed E-state index contributed by atoms with van der Waals surface area (Å²) >= 11 is 0. The van der Waals surface area contributed by atoms with E-state index >= 15 is 0 Å². The lowest BCUT2D eigenvalue weighted by molar-refractivity contribution is -0.137. The molecule has 0 aliphatic heterocycles. The number of hydrogen-bond acceptors (Lipinski definition) is 1. The summed E-state index contributed by atoms with van der Waals surface area (Å²) in [6.07, 6.45) is 0.482. The van der Waals surface area contributed by atoms with Gasteiger partial charge < -0.3 is 4.57 Å². The zero-order valence-electron chi connectivity index (χ0n) is 7.57. The third-order valence-corrected chi connectivity index (χ3v) is 2.00. The van der Waals surface area contributed by atoms with Crippen LogP contribution in [0.15, 0.2) is 43.0 Å². The van der Waals surface area contributed by atoms with E-state index in [4.69, 9.17) is 0 Å². The van der Waals surface area contributed by atoms with Gasteiger partial charge in [-0.1, -0.05) is 0 Å². The van der Waals surface area contributed by atoms with Crippen molar-refractivity contribution in [3.63, 3.8) is 0 Å². The van der Waals surface area contributed by atoms with E-state index in [0.29, 0.717) is 5.69 Å². The van der Waals surface area contributed by atoms with Gasteiger partial charge in [0.2, 0.25) is 0 Å². The van der Waals surface area contributed by atoms with Crippen molar-refractivity contribution < 1.29 is 13.2 Å². The number of benzene rings is 1. The molecule has 0 bridgehead atoms. The van der Waals surface area contributed by atoms with Gasteiger partial charge in [0.05, 0.1) is 11.9 Å². The first-order chi connectivity index (χ1) is 7.07. The molecule has 0 fully saturated rings. The summed E-state index contributed by atoms with van der Waals surface area (Å²) in [4.78, 5) is 3.81. The average Bonchev–Trinajstić information content (AvgIpc) is 2.69. The van der Waals surface area contributed by atoms with E-state index in [9.17, 15) is 13.2 Å². The largest absolute Gasteiger partial charge is 0.416 e. The zero-order chi connectivity index (χ0) is 10.9. The van der Waals surface area contributed by atoms with Crippen molar-refractivity contribution in [1.82, 2.24) is 9.55 Å². The predicted molar refractivity (Wildman–Crippen MR) is 48.6 cm³/mol. The summed E-state index contributed by atoms with van der Waals surface area (Å²) in [5.74, 6) is 0. The van der Waals surface area contributed by atoms with Crippen LogP contribution in [-0.2, 0) is 6.18 Å². The summed E-state index contributed by atoms with van der Waals surface area (Å²) in [6.45, 7) is 0. The monoisotopic (exact) mass is 212 g/mol. The molecule has 1 heterocycles. The summed E-state index contributed by atoms with van der Waals surface area (Å²) in [5, 5.41) is 0. The number of hydrogen-bond donors (Lipinski definition) is 0. The minimum atomic E-state index is -4.28. The maximum atomic E-state index is 12.2. The highest BCUT2D eigenvalue weighted by Gasteiger charge is 2.29. The Labute approximate surface area is 84.0 Å². The van der Waals surface area contributed by atoms with Gasteiger partial charge in [0, 0.05) is 18.1 Å². The summed E-state index contributed by atoms with van der Waals surface area (Å²) in [5.41, 5.74) is 0.00636. The van der Waals surface area contributed by atoms with Gasteiger partial charge in [-0.05, 0) is 24.3 Å². The van der Waals surface area contributed by atoms with Gasteiger partial charge in [-0.2, -0.15) is 13.2 Å². The molecule has 0 spiro atoms. The highest BCUT2D eigenvalue weighted by atomic mass is 19.4. The van der Waals surface area contributed by atoms with Crippen LogP contribution >= 0.6 is 0 Å². The van der Waals surface area contributed by atoms with Crippen LogP contribution < -0.4 is 0 Å². The van der Waals surface area contributed by atoms with Gasteiger partial charge in [-0.3, -0.25) is 0 Å². The number of aromatic nitrogens is 2. The molecule has 0 radical (unpaired) electrons. The molecular weight excluding hydrogens is 205 g/mol. The van der Waals surface area contributed by atoms with Gasteiger partial charge >= 0.3 is 6.18 Å². The Bertz CT molecular complexity index is 429. The number of alkyl halides is 3. The molecule has 5 heteroatoms. The van der Waals surface area contributed by atoms with Crippen LogP contribution in [-0.4, -0.2) is 9.55 Å². The molecule has 15 heavy (non-hydrogen) atoms. The van der Waals surface area contributed by atoms with Crippen LogP contribution in [0.1, 0.15) is 5.56 Å². The molecule has 0 unspecified atom stereocenters. The predicted octanol–water partition coefficient (Wildman–Crippen LogP) is 2.89. The molecule has 0 atom stereocenters. The molecule has 2 rings (SSSR count). The second-order valence-corrected chi connectivity index (χ2v) is 3.01. The number of imidazole rings is 1. The van der Waals surface area contributed by atoms with Crippen molar-refractivity contribution >= 4 is 0 Å². The molecule has 2 nitrogen and oxygen atoms in total. The highest BCUT2D eigenvalue weighted by molar-refractivity contribution is 5.35. The van der Waals surface area contributed by atoms with E-state index in [1.165, 1.54) is 18.5 Å². The fraction of sp³-hybridized carbons (Fsp3) is 0.100. The SMILES string of the molecule is FC(F)(F)c1ccc(-n2ccnc2)cc1. The number of rotatable bonds is 1. The Morgan fingerprint density at radius 3 is 2.20 bits per heavy atom. The van der Waals surface area contributed by atoms with Crippen molar-refractivity contribution in [3.05, 3.63) is 48.5 Å². The maximum Gasteiger partial charge on any atom is 0.416 e. The van der Waals surface area contributed by atoms with Crippen LogP contribution in [0, 0.1) is 0 Å². The van der Waals surface area contributed by atoms with Crippen LogP contribution in [0.25, 0.3) is 5.69 Å². The quantitative estimate of drug-likeness (QED) is 0.710. The van der Waals surface area contributed by atoms with E-state index in [0.717, 1.165) is 12.1 Å². The molecule has 0 aliphatic rings. The van der Waals surface area contributed by atoms with Gasteiger partial charge in [0.1, 0.15) is 0 Å². The fourth-order valence-corrected chi connectivity index (χ4v) is 1.23. The summed E-state index contributed by atoms with van der Waals surface area (Å²) in [7, 11) is 0. The first-order valence-corrected chi connectivity index (χ1v) is 4.23. The molecule has 0 saturated heterocycles. The first-order valence-electron chi connectivity index (χ1n) is 4.23. The minimum Gasteiger partial charge on any atom is -0.306 e. The van der Waals surface area contributed by atoms with Gasteiger partial charge in [0.25, 0.3) is 0 Å². The van der Waals surface area contributed by atoms with Crippen molar-refractivity contribution in [2.45, 2.75) is 6.18 Å². The molecular formula is C10H7F3N2. The highest BCUT2D eigenvalue weighted by Crippen LogP contribution is 2.29. The molecule has 0 N–H and O–H groups in total. The van der Waals surface area contributed by atoms with Crippen LogP contribution in [0.3, 0.4) is 0 Å². The Morgan fingerprint density at radius 1 is 1.07 bits per heavy atom. The smallest absolute Gasteiger partial charge is 0.306 e. The van der Waals surface area contributed by atoms with Crippen molar-refractivity contribution in [3.8, 4) is 5.69 Å². The van der Waals surface area contributed by atoms with Crippen LogP contribution in [0.4, 0.5) is 13.2 Å². The Morgan fingerprint density at radius 2 is 1.73 bits per heavy atom. The third-order valence-electron chi connectivity index (χ3n) is 2.00. The van der Waals surface area contributed by atoms with Crippen molar-refractivity contribution in [2.24, 2.45) is 0 Å². The van der Waals surface area contributed by atoms with E-state index in [1.807, 2.05) is 0 Å². The molecule has 1 aromatic carbocycles. The van der Waals surface area contributed by atoms with E-state index in [1.54, 1.807) is 17.0 Å². The Hall–Kier alpha value is -1.78. The third kappa shape index (κ3) is 2.01. The summed E-state index contributed by atoms with van der Waals surface area (Å²) < 4.78 is 38.4. The number of halogens is 3. The maximum absolute atomic E-state index is 12.2. The lowest BCUT2D eigenvalue weighted by Crippen LogP contribution is -2.04. The minimum absolute atomic E-state index is 0.647. The van der Waals surface area contributed by atoms with Gasteiger partial charge in [-0.25, -0.2) is 4.98 Å². The van der Waals surface area contributed by atoms with Crippen LogP contribution in [0.5, 0.6) is 0 Å². The second-order valence-electron chi connectivity index (χ2n) is 3.01. The average molecular weight is 212 g/mol. The Balaban J connectivity index is 2.33. The Kier molecular flexibility index (Phi) is 2.22.